The van der Waals surface area contributed by atoms with Crippen LogP contribution in [0.5, 0.6) is 0 Å². The third-order valence-electron chi connectivity index (χ3n) is 6.71. The zero-order chi connectivity index (χ0) is 24.8. The molecule has 0 atom stereocenters. The standard InChI is InChI=1S/C32H36N2/c1-19-11-20(2)15-25(14-19)28-9-10-32(7,8)29-24(6)13-23(5)18-27(29)30(33)31(34-28)26-16-21(3)12-22(4)17-26/h9,11-18,33H,10H2,1-8H3/b28-9-,33-30?,34-31-. The molecular weight excluding hydrogens is 412 g/mol. The number of benzene rings is 3. The molecule has 4 rings (SSSR count). The van der Waals surface area contributed by atoms with Crippen LogP contribution in [0.2, 0.25) is 0 Å². The first-order valence-electron chi connectivity index (χ1n) is 12.1. The lowest BCUT2D eigenvalue weighted by Crippen LogP contribution is -2.25. The van der Waals surface area contributed by atoms with Crippen molar-refractivity contribution in [2.45, 2.75) is 67.2 Å². The van der Waals surface area contributed by atoms with E-state index in [4.69, 9.17) is 4.99 Å². The molecular formula is C32H36N2. The van der Waals surface area contributed by atoms with Gasteiger partial charge < -0.3 is 0 Å². The highest BCUT2D eigenvalue weighted by atomic mass is 14.8. The van der Waals surface area contributed by atoms with Crippen LogP contribution >= 0.6 is 0 Å². The van der Waals surface area contributed by atoms with Gasteiger partial charge in [0.2, 0.25) is 0 Å². The summed E-state index contributed by atoms with van der Waals surface area (Å²) >= 11 is 0. The summed E-state index contributed by atoms with van der Waals surface area (Å²) in [7, 11) is 0. The van der Waals surface area contributed by atoms with Crippen LogP contribution in [0.1, 0.15) is 75.9 Å². The maximum atomic E-state index is 9.49. The van der Waals surface area contributed by atoms with Gasteiger partial charge in [-0.3, -0.25) is 5.41 Å². The number of nitrogens with zero attached hydrogens (tertiary/aromatic N) is 1. The molecule has 34 heavy (non-hydrogen) atoms. The first-order chi connectivity index (χ1) is 15.9. The monoisotopic (exact) mass is 448 g/mol. The van der Waals surface area contributed by atoms with Gasteiger partial charge in [-0.2, -0.15) is 0 Å². The van der Waals surface area contributed by atoms with Crippen LogP contribution in [-0.4, -0.2) is 11.4 Å². The minimum absolute atomic E-state index is 0.128. The Morgan fingerprint density at radius 3 is 1.74 bits per heavy atom. The molecule has 3 aromatic rings. The quantitative estimate of drug-likeness (QED) is 0.411. The second-order valence-corrected chi connectivity index (χ2v) is 10.8. The van der Waals surface area contributed by atoms with Crippen LogP contribution in [0.25, 0.3) is 5.70 Å². The summed E-state index contributed by atoms with van der Waals surface area (Å²) in [6.45, 7) is 17.4. The van der Waals surface area contributed by atoms with Crippen molar-refractivity contribution < 1.29 is 0 Å². The van der Waals surface area contributed by atoms with E-state index in [1.165, 1.54) is 38.9 Å². The molecule has 0 unspecified atom stereocenters. The van der Waals surface area contributed by atoms with E-state index in [2.05, 4.69) is 110 Å². The highest BCUT2D eigenvalue weighted by Gasteiger charge is 2.30. The molecule has 3 aromatic carbocycles. The summed E-state index contributed by atoms with van der Waals surface area (Å²) in [5.41, 5.74) is 13.7. The van der Waals surface area contributed by atoms with Crippen LogP contribution in [0.15, 0.2) is 59.6 Å². The second kappa shape index (κ2) is 8.83. The zero-order valence-corrected chi connectivity index (χ0v) is 21.9. The Hall–Kier alpha value is -3.26. The van der Waals surface area contributed by atoms with E-state index in [-0.39, 0.29) is 5.41 Å². The van der Waals surface area contributed by atoms with Gasteiger partial charge in [0.15, 0.2) is 0 Å². The van der Waals surface area contributed by atoms with Crippen molar-refractivity contribution in [1.29, 1.82) is 5.41 Å². The summed E-state index contributed by atoms with van der Waals surface area (Å²) in [5, 5.41) is 9.49. The third-order valence-corrected chi connectivity index (χ3v) is 6.71. The fourth-order valence-electron chi connectivity index (χ4n) is 5.49. The van der Waals surface area contributed by atoms with Crippen LogP contribution in [-0.2, 0) is 5.41 Å². The van der Waals surface area contributed by atoms with Gasteiger partial charge >= 0.3 is 0 Å². The van der Waals surface area contributed by atoms with Gasteiger partial charge in [0, 0.05) is 16.7 Å². The Labute approximate surface area is 205 Å². The third kappa shape index (κ3) is 4.68. The zero-order valence-electron chi connectivity index (χ0n) is 21.9. The summed E-state index contributed by atoms with van der Waals surface area (Å²) in [6, 6.07) is 17.5. The summed E-state index contributed by atoms with van der Waals surface area (Å²) in [4.78, 5) is 5.26. The van der Waals surface area contributed by atoms with Crippen LogP contribution in [0.3, 0.4) is 0 Å². The molecule has 0 bridgehead atoms. The van der Waals surface area contributed by atoms with Crippen molar-refractivity contribution in [3.8, 4) is 0 Å². The van der Waals surface area contributed by atoms with Crippen LogP contribution < -0.4 is 0 Å². The van der Waals surface area contributed by atoms with Crippen molar-refractivity contribution in [3.63, 3.8) is 0 Å². The van der Waals surface area contributed by atoms with Crippen molar-refractivity contribution in [2.75, 3.05) is 0 Å². The van der Waals surface area contributed by atoms with E-state index < -0.39 is 0 Å². The average molecular weight is 449 g/mol. The fourth-order valence-corrected chi connectivity index (χ4v) is 5.49. The van der Waals surface area contributed by atoms with Crippen molar-refractivity contribution in [3.05, 3.63) is 110 Å². The fraction of sp³-hybridized carbons (Fsp3) is 0.312. The number of nitrogens with one attached hydrogen (secondary N) is 1. The smallest absolute Gasteiger partial charge is 0.0965 e. The molecule has 0 saturated heterocycles. The van der Waals surface area contributed by atoms with Gasteiger partial charge in [-0.05, 0) is 94.8 Å². The van der Waals surface area contributed by atoms with Gasteiger partial charge in [0.05, 0.1) is 17.1 Å². The minimum Gasteiger partial charge on any atom is -0.298 e. The molecule has 1 heterocycles. The molecule has 1 aliphatic heterocycles. The molecule has 2 heteroatoms. The van der Waals surface area contributed by atoms with E-state index in [1.807, 2.05) is 0 Å². The van der Waals surface area contributed by atoms with E-state index in [9.17, 15) is 5.41 Å². The van der Waals surface area contributed by atoms with E-state index >= 15 is 0 Å². The molecule has 1 N–H and O–H groups in total. The largest absolute Gasteiger partial charge is 0.298 e. The lowest BCUT2D eigenvalue weighted by molar-refractivity contribution is 0.530. The number of allylic oxidation sites excluding steroid dienone is 1. The van der Waals surface area contributed by atoms with Gasteiger partial charge in [-0.25, -0.2) is 4.99 Å². The van der Waals surface area contributed by atoms with Crippen molar-refractivity contribution >= 4 is 17.1 Å². The highest BCUT2D eigenvalue weighted by molar-refractivity contribution is 6.53. The number of aliphatic imine (C=N–C) groups is 1. The molecule has 0 radical (unpaired) electrons. The van der Waals surface area contributed by atoms with Crippen molar-refractivity contribution in [1.82, 2.24) is 0 Å². The van der Waals surface area contributed by atoms with E-state index in [1.54, 1.807) is 0 Å². The number of fused-ring (bicyclic) bond motifs is 1. The molecule has 0 aliphatic carbocycles. The highest BCUT2D eigenvalue weighted by Crippen LogP contribution is 2.37. The molecule has 0 saturated carbocycles. The summed E-state index contributed by atoms with van der Waals surface area (Å²) < 4.78 is 0. The van der Waals surface area contributed by atoms with Crippen LogP contribution in [0, 0.1) is 47.0 Å². The SMILES string of the molecule is Cc1cc(C)cc(C2=C/CC(C)(C)c3c(C)cc(C)cc3C(=N)/C(c3cc(C)cc(C)c3)=N\2)c1. The lowest BCUT2D eigenvalue weighted by Gasteiger charge is -2.29. The Balaban J connectivity index is 2.06. The normalized spacial score (nSPS) is 18.6. The summed E-state index contributed by atoms with van der Waals surface area (Å²) in [5.74, 6) is 0. The Kier molecular flexibility index (Phi) is 6.20. The summed E-state index contributed by atoms with van der Waals surface area (Å²) in [6.07, 6.45) is 3.13. The van der Waals surface area contributed by atoms with E-state index in [0.29, 0.717) is 5.71 Å². The predicted molar refractivity (Wildman–Crippen MR) is 147 cm³/mol. The molecule has 2 nitrogen and oxygen atoms in total. The lowest BCUT2D eigenvalue weighted by atomic mass is 9.74. The maximum absolute atomic E-state index is 9.49. The Morgan fingerprint density at radius 1 is 0.676 bits per heavy atom. The van der Waals surface area contributed by atoms with Crippen molar-refractivity contribution in [2.24, 2.45) is 4.99 Å². The Morgan fingerprint density at radius 2 is 1.18 bits per heavy atom. The van der Waals surface area contributed by atoms with E-state index in [0.717, 1.165) is 34.5 Å². The topological polar surface area (TPSA) is 36.2 Å². The maximum Gasteiger partial charge on any atom is 0.0965 e. The number of hydrogen-bond donors (Lipinski definition) is 1. The minimum atomic E-state index is -0.128. The number of aryl methyl sites for hydroxylation is 6. The molecule has 0 spiro atoms. The first-order valence-corrected chi connectivity index (χ1v) is 12.1. The molecule has 0 fully saturated rings. The van der Waals surface area contributed by atoms with Gasteiger partial charge in [-0.1, -0.05) is 65.9 Å². The Bertz CT molecular complexity index is 1330. The molecule has 0 amide bonds. The van der Waals surface area contributed by atoms with Gasteiger partial charge in [-0.15, -0.1) is 0 Å². The van der Waals surface area contributed by atoms with Gasteiger partial charge in [0.25, 0.3) is 0 Å². The second-order valence-electron chi connectivity index (χ2n) is 10.8. The molecule has 174 valence electrons. The van der Waals surface area contributed by atoms with Gasteiger partial charge in [0.1, 0.15) is 0 Å². The van der Waals surface area contributed by atoms with Crippen LogP contribution in [0.4, 0.5) is 0 Å². The average Bonchev–Trinajstić information content (AvgIpc) is 2.74. The number of rotatable bonds is 2. The number of hydrogen-bond acceptors (Lipinski definition) is 2. The predicted octanol–water partition coefficient (Wildman–Crippen LogP) is 8.12. The first kappa shape index (κ1) is 23.9. The molecule has 0 aromatic heterocycles. The molecule has 1 aliphatic rings.